The zero-order valence-corrected chi connectivity index (χ0v) is 27.3. The van der Waals surface area contributed by atoms with Gasteiger partial charge in [0, 0.05) is 5.56 Å². The van der Waals surface area contributed by atoms with Crippen LogP contribution in [-0.4, -0.2) is 5.84 Å². The van der Waals surface area contributed by atoms with Crippen LogP contribution in [0.3, 0.4) is 0 Å². The molecule has 0 saturated carbocycles. The summed E-state index contributed by atoms with van der Waals surface area (Å²) in [6.07, 6.45) is 6.56. The van der Waals surface area contributed by atoms with Gasteiger partial charge in [-0.25, -0.2) is 0 Å². The van der Waals surface area contributed by atoms with Crippen LogP contribution in [-0.2, 0) is 5.41 Å². The van der Waals surface area contributed by atoms with Crippen LogP contribution >= 0.6 is 0 Å². The quantitative estimate of drug-likeness (QED) is 0.113. The van der Waals surface area contributed by atoms with Crippen LogP contribution in [0.4, 0.5) is 0 Å². The first-order chi connectivity index (χ1) is 23.6. The summed E-state index contributed by atoms with van der Waals surface area (Å²) in [6.45, 7) is 4.53. The highest BCUT2D eigenvalue weighted by Crippen LogP contribution is 2.65. The first-order valence-corrected chi connectivity index (χ1v) is 17.0. The summed E-state index contributed by atoms with van der Waals surface area (Å²) in [5.74, 6) is 0.0823. The van der Waals surface area contributed by atoms with E-state index in [9.17, 15) is 0 Å². The van der Waals surface area contributed by atoms with E-state index >= 15 is 0 Å². The molecule has 2 nitrogen and oxygen atoms in total. The maximum atomic E-state index is 8.60. The number of hydrogen-bond acceptors (Lipinski definition) is 1. The highest BCUT2D eigenvalue weighted by atomic mass is 14.7. The van der Waals surface area contributed by atoms with Crippen molar-refractivity contribution in [3.8, 4) is 22.3 Å². The Hall–Kier alpha value is -5.73. The normalized spacial score (nSPS) is 16.4. The van der Waals surface area contributed by atoms with Crippen molar-refractivity contribution in [2.75, 3.05) is 0 Å². The number of amidine groups is 1. The number of allylic oxidation sites excluding steroid dienone is 4. The summed E-state index contributed by atoms with van der Waals surface area (Å²) >= 11 is 0. The van der Waals surface area contributed by atoms with Crippen molar-refractivity contribution in [1.82, 2.24) is 0 Å². The average molecular weight is 617 g/mol. The monoisotopic (exact) mass is 616 g/mol. The molecule has 1 atom stereocenters. The van der Waals surface area contributed by atoms with Crippen LogP contribution in [0, 0.1) is 5.41 Å². The maximum Gasteiger partial charge on any atom is 0.123 e. The molecule has 3 N–H and O–H groups in total. The Morgan fingerprint density at radius 2 is 1.29 bits per heavy atom. The molecule has 230 valence electrons. The molecule has 0 aromatic heterocycles. The molecule has 48 heavy (non-hydrogen) atoms. The van der Waals surface area contributed by atoms with Gasteiger partial charge in [-0.3, -0.25) is 5.41 Å². The fraction of sp³-hybridized carbons (Fsp3) is 0.109. The molecule has 0 radical (unpaired) electrons. The van der Waals surface area contributed by atoms with Crippen LogP contribution < -0.4 is 5.73 Å². The standard InChI is InChI=1S/C46H36N2/c1-3-5-16-33-34-24-23-30(38-25-28-14-6-7-15-29(28)26-39(38)45(47)48)27-42(34)46(40(33)4-2)41-22-13-12-21-37(41)43-35-19-10-8-17-31(35)32-18-9-11-20-36(32)44(43)46/h5-27H,3-4H2,1-2H3,(H3,47,48)/b16-5-. The highest BCUT2D eigenvalue weighted by molar-refractivity contribution is 6.20. The van der Waals surface area contributed by atoms with Crippen LogP contribution in [0.15, 0.2) is 145 Å². The molecule has 2 heteroatoms. The molecule has 0 saturated heterocycles. The first kappa shape index (κ1) is 28.5. The fourth-order valence-corrected chi connectivity index (χ4v) is 8.93. The van der Waals surface area contributed by atoms with Crippen molar-refractivity contribution in [2.24, 2.45) is 5.73 Å². The Labute approximate surface area is 281 Å². The maximum absolute atomic E-state index is 8.60. The van der Waals surface area contributed by atoms with Crippen LogP contribution in [0.25, 0.3) is 60.1 Å². The first-order valence-electron chi connectivity index (χ1n) is 17.0. The number of benzene rings is 7. The van der Waals surface area contributed by atoms with Gasteiger partial charge in [-0.15, -0.1) is 0 Å². The third-order valence-corrected chi connectivity index (χ3v) is 10.8. The van der Waals surface area contributed by atoms with Gasteiger partial charge in [-0.2, -0.15) is 0 Å². The summed E-state index contributed by atoms with van der Waals surface area (Å²) in [6, 6.07) is 46.6. The lowest BCUT2D eigenvalue weighted by Crippen LogP contribution is -2.27. The number of rotatable bonds is 5. The number of nitrogen functional groups attached to an aromatic ring is 1. The lowest BCUT2D eigenvalue weighted by molar-refractivity contribution is 0.739. The summed E-state index contributed by atoms with van der Waals surface area (Å²) in [7, 11) is 0. The SMILES string of the molecule is CC/C=C\C1=C(CC)C2(c3cc(-c4cc5ccccc5cc4C(=N)N)ccc31)c1ccccc1-c1c2c2ccccc2c2ccccc12. The van der Waals surface area contributed by atoms with Gasteiger partial charge >= 0.3 is 0 Å². The van der Waals surface area contributed by atoms with Gasteiger partial charge in [-0.1, -0.05) is 135 Å². The highest BCUT2D eigenvalue weighted by Gasteiger charge is 2.53. The fourth-order valence-electron chi connectivity index (χ4n) is 8.93. The van der Waals surface area contributed by atoms with Gasteiger partial charge in [0.15, 0.2) is 0 Å². The van der Waals surface area contributed by atoms with Crippen molar-refractivity contribution in [3.63, 3.8) is 0 Å². The third kappa shape index (κ3) is 3.72. The minimum absolute atomic E-state index is 0.0823. The van der Waals surface area contributed by atoms with E-state index in [0.29, 0.717) is 0 Å². The van der Waals surface area contributed by atoms with Gasteiger partial charge in [-0.05, 0) is 119 Å². The minimum Gasteiger partial charge on any atom is -0.384 e. The summed E-state index contributed by atoms with van der Waals surface area (Å²) < 4.78 is 0. The molecule has 9 rings (SSSR count). The summed E-state index contributed by atoms with van der Waals surface area (Å²) in [5, 5.41) is 16.0. The molecule has 0 heterocycles. The second kappa shape index (κ2) is 10.7. The van der Waals surface area contributed by atoms with E-state index in [2.05, 4.69) is 147 Å². The molecule has 1 unspecified atom stereocenters. The van der Waals surface area contributed by atoms with E-state index in [-0.39, 0.29) is 5.84 Å². The molecule has 7 aromatic carbocycles. The number of fused-ring (bicyclic) bond motifs is 13. The second-order valence-corrected chi connectivity index (χ2v) is 13.1. The van der Waals surface area contributed by atoms with Crippen molar-refractivity contribution in [2.45, 2.75) is 32.1 Å². The number of nitrogens with one attached hydrogen (secondary N) is 1. The minimum atomic E-state index is -0.476. The topological polar surface area (TPSA) is 49.9 Å². The van der Waals surface area contributed by atoms with Gasteiger partial charge in [0.1, 0.15) is 5.84 Å². The summed E-state index contributed by atoms with van der Waals surface area (Å²) in [5.41, 5.74) is 19.4. The van der Waals surface area contributed by atoms with Crippen molar-refractivity contribution in [1.29, 1.82) is 5.41 Å². The van der Waals surface area contributed by atoms with Crippen LogP contribution in [0.2, 0.25) is 0 Å². The Kier molecular flexibility index (Phi) is 6.32. The van der Waals surface area contributed by atoms with Gasteiger partial charge in [0.25, 0.3) is 0 Å². The molecule has 0 bridgehead atoms. The molecule has 2 aliphatic carbocycles. The largest absolute Gasteiger partial charge is 0.384 e. The molecule has 7 aromatic rings. The van der Waals surface area contributed by atoms with Gasteiger partial charge in [0.2, 0.25) is 0 Å². The van der Waals surface area contributed by atoms with E-state index in [0.717, 1.165) is 40.3 Å². The molecule has 2 aliphatic rings. The smallest absolute Gasteiger partial charge is 0.123 e. The zero-order chi connectivity index (χ0) is 32.6. The van der Waals surface area contributed by atoms with Crippen LogP contribution in [0.1, 0.15) is 54.5 Å². The Morgan fingerprint density at radius 1 is 0.646 bits per heavy atom. The lowest BCUT2D eigenvalue weighted by Gasteiger charge is -2.34. The Bertz CT molecular complexity index is 2560. The predicted molar refractivity (Wildman–Crippen MR) is 204 cm³/mol. The molecular formula is C46H36N2. The third-order valence-electron chi connectivity index (χ3n) is 10.8. The van der Waals surface area contributed by atoms with Crippen LogP contribution in [0.5, 0.6) is 0 Å². The van der Waals surface area contributed by atoms with E-state index < -0.39 is 5.41 Å². The van der Waals surface area contributed by atoms with E-state index in [1.807, 2.05) is 6.07 Å². The Balaban J connectivity index is 1.47. The van der Waals surface area contributed by atoms with E-state index in [4.69, 9.17) is 11.1 Å². The van der Waals surface area contributed by atoms with Crippen molar-refractivity contribution >= 4 is 43.7 Å². The molecule has 1 spiro atoms. The molecule has 0 fully saturated rings. The molecule has 0 aliphatic heterocycles. The molecule has 0 amide bonds. The number of nitrogens with two attached hydrogens (primary N) is 1. The predicted octanol–water partition coefficient (Wildman–Crippen LogP) is 11.6. The lowest BCUT2D eigenvalue weighted by atomic mass is 9.67. The van der Waals surface area contributed by atoms with Crippen molar-refractivity contribution in [3.05, 3.63) is 173 Å². The second-order valence-electron chi connectivity index (χ2n) is 13.1. The van der Waals surface area contributed by atoms with Gasteiger partial charge in [0.05, 0.1) is 5.41 Å². The van der Waals surface area contributed by atoms with Gasteiger partial charge < -0.3 is 5.73 Å². The zero-order valence-electron chi connectivity index (χ0n) is 27.3. The Morgan fingerprint density at radius 3 is 2.02 bits per heavy atom. The average Bonchev–Trinajstić information content (AvgIpc) is 3.59. The number of hydrogen-bond donors (Lipinski definition) is 2. The van der Waals surface area contributed by atoms with Crippen molar-refractivity contribution < 1.29 is 0 Å². The molecular weight excluding hydrogens is 581 g/mol. The van der Waals surface area contributed by atoms with E-state index in [1.165, 1.54) is 66.1 Å². The van der Waals surface area contributed by atoms with E-state index in [1.54, 1.807) is 0 Å². The summed E-state index contributed by atoms with van der Waals surface area (Å²) in [4.78, 5) is 0.